The lowest BCUT2D eigenvalue weighted by atomic mass is 9.84. The lowest BCUT2D eigenvalue weighted by Gasteiger charge is -2.26. The predicted molar refractivity (Wildman–Crippen MR) is 122 cm³/mol. The molecule has 2 aliphatic carbocycles. The molecule has 3 N–H and O–H groups in total. The van der Waals surface area contributed by atoms with Crippen LogP contribution in [-0.2, 0) is 27.7 Å². The molecule has 0 bridgehead atoms. The van der Waals surface area contributed by atoms with Crippen molar-refractivity contribution in [3.63, 3.8) is 0 Å². The summed E-state index contributed by atoms with van der Waals surface area (Å²) in [6, 6.07) is 7.05. The van der Waals surface area contributed by atoms with Gasteiger partial charge in [0.1, 0.15) is 5.72 Å². The van der Waals surface area contributed by atoms with E-state index >= 15 is 0 Å². The SMILES string of the molecule is C[C@@H](c1ccc2c(c1NC(=O)C[C@@](C)(O)NS(=O)(=O)c1ccco1)CCC2)C1CCCC1. The first-order valence-corrected chi connectivity index (χ1v) is 12.9. The predicted octanol–water partition coefficient (Wildman–Crippen LogP) is 4.08. The highest BCUT2D eigenvalue weighted by Gasteiger charge is 2.33. The Morgan fingerprint density at radius 2 is 1.97 bits per heavy atom. The van der Waals surface area contributed by atoms with Crippen molar-refractivity contribution >= 4 is 21.6 Å². The summed E-state index contributed by atoms with van der Waals surface area (Å²) in [4.78, 5) is 13.0. The Morgan fingerprint density at radius 3 is 2.66 bits per heavy atom. The number of carbonyl (C=O) groups is 1. The summed E-state index contributed by atoms with van der Waals surface area (Å²) >= 11 is 0. The van der Waals surface area contributed by atoms with Crippen LogP contribution >= 0.6 is 0 Å². The topological polar surface area (TPSA) is 109 Å². The molecular formula is C24H32N2O5S. The number of rotatable bonds is 8. The standard InChI is InChI=1S/C24H32N2O5S/c1-16(17-7-3-4-8-17)19-13-12-18-9-5-10-20(18)23(19)25-21(27)15-24(2,28)26-32(29,30)22-11-6-14-31-22/h6,11-14,16-17,26,28H,3-5,7-10,15H2,1-2H3,(H,25,27)/t16-,24-/m1/s1. The number of carbonyl (C=O) groups excluding carboxylic acids is 1. The number of hydrogen-bond acceptors (Lipinski definition) is 5. The minimum Gasteiger partial charge on any atom is -0.452 e. The third-order valence-electron chi connectivity index (χ3n) is 6.80. The van der Waals surface area contributed by atoms with Crippen LogP contribution in [0, 0.1) is 5.92 Å². The maximum absolute atomic E-state index is 13.0. The molecule has 0 spiro atoms. The molecule has 0 unspecified atom stereocenters. The molecule has 8 heteroatoms. The van der Waals surface area contributed by atoms with Crippen LogP contribution in [-0.4, -0.2) is 25.2 Å². The van der Waals surface area contributed by atoms with E-state index in [0.717, 1.165) is 30.5 Å². The highest BCUT2D eigenvalue weighted by molar-refractivity contribution is 7.89. The van der Waals surface area contributed by atoms with Gasteiger partial charge in [0.25, 0.3) is 10.0 Å². The van der Waals surface area contributed by atoms with E-state index in [1.54, 1.807) is 0 Å². The molecule has 1 heterocycles. The molecule has 1 aromatic carbocycles. The molecule has 1 amide bonds. The van der Waals surface area contributed by atoms with Crippen molar-refractivity contribution in [1.29, 1.82) is 0 Å². The van der Waals surface area contributed by atoms with E-state index in [-0.39, 0.29) is 5.09 Å². The molecule has 1 saturated carbocycles. The van der Waals surface area contributed by atoms with Crippen molar-refractivity contribution in [3.05, 3.63) is 47.2 Å². The van der Waals surface area contributed by atoms with E-state index in [1.807, 2.05) is 0 Å². The molecule has 2 atom stereocenters. The summed E-state index contributed by atoms with van der Waals surface area (Å²) in [5, 5.41) is 13.4. The fraction of sp³-hybridized carbons (Fsp3) is 0.542. The van der Waals surface area contributed by atoms with Gasteiger partial charge in [0.05, 0.1) is 12.7 Å². The Kier molecular flexibility index (Phi) is 6.47. The van der Waals surface area contributed by atoms with Crippen molar-refractivity contribution in [1.82, 2.24) is 4.72 Å². The molecular weight excluding hydrogens is 428 g/mol. The number of sulfonamides is 1. The van der Waals surface area contributed by atoms with Gasteiger partial charge in [-0.2, -0.15) is 4.72 Å². The number of nitrogens with one attached hydrogen (secondary N) is 2. The van der Waals surface area contributed by atoms with E-state index < -0.39 is 28.1 Å². The van der Waals surface area contributed by atoms with Gasteiger partial charge in [-0.1, -0.05) is 31.9 Å². The molecule has 0 saturated heterocycles. The summed E-state index contributed by atoms with van der Waals surface area (Å²) in [6.45, 7) is 3.50. The first-order chi connectivity index (χ1) is 15.2. The summed E-state index contributed by atoms with van der Waals surface area (Å²) < 4.78 is 31.9. The van der Waals surface area contributed by atoms with Gasteiger partial charge in [-0.05, 0) is 79.7 Å². The van der Waals surface area contributed by atoms with Crippen molar-refractivity contribution in [2.75, 3.05) is 5.32 Å². The number of hydrogen-bond donors (Lipinski definition) is 3. The molecule has 1 fully saturated rings. The fourth-order valence-electron chi connectivity index (χ4n) is 5.21. The molecule has 1 aromatic heterocycles. The van der Waals surface area contributed by atoms with Crippen LogP contribution in [0.2, 0.25) is 0 Å². The van der Waals surface area contributed by atoms with Gasteiger partial charge >= 0.3 is 0 Å². The maximum Gasteiger partial charge on any atom is 0.276 e. The number of aryl methyl sites for hydroxylation is 1. The molecule has 7 nitrogen and oxygen atoms in total. The lowest BCUT2D eigenvalue weighted by molar-refractivity contribution is -0.120. The number of aliphatic hydroxyl groups is 1. The van der Waals surface area contributed by atoms with E-state index in [2.05, 4.69) is 29.1 Å². The van der Waals surface area contributed by atoms with Gasteiger partial charge in [0, 0.05) is 5.69 Å². The average molecular weight is 461 g/mol. The van der Waals surface area contributed by atoms with Crippen molar-refractivity contribution in [2.45, 2.75) is 81.9 Å². The summed E-state index contributed by atoms with van der Waals surface area (Å²) in [6.07, 6.45) is 8.69. The van der Waals surface area contributed by atoms with Crippen LogP contribution in [0.3, 0.4) is 0 Å². The zero-order chi connectivity index (χ0) is 22.9. The Hall–Kier alpha value is -2.16. The number of furan rings is 1. The molecule has 0 radical (unpaired) electrons. The Balaban J connectivity index is 1.53. The number of anilines is 1. The van der Waals surface area contributed by atoms with Crippen LogP contribution in [0.25, 0.3) is 0 Å². The van der Waals surface area contributed by atoms with Crippen LogP contribution in [0.4, 0.5) is 5.69 Å². The summed E-state index contributed by atoms with van der Waals surface area (Å²) in [5.74, 6) is 0.502. The minimum absolute atomic E-state index is 0.313. The van der Waals surface area contributed by atoms with Crippen LogP contribution in [0.5, 0.6) is 0 Å². The molecule has 32 heavy (non-hydrogen) atoms. The van der Waals surface area contributed by atoms with Crippen LogP contribution in [0.1, 0.15) is 75.0 Å². The normalized spacial score (nSPS) is 19.5. The Morgan fingerprint density at radius 1 is 1.22 bits per heavy atom. The number of amides is 1. The van der Waals surface area contributed by atoms with E-state index in [9.17, 15) is 18.3 Å². The van der Waals surface area contributed by atoms with Gasteiger partial charge in [0.15, 0.2) is 0 Å². The Labute approximate surface area is 189 Å². The Bertz CT molecular complexity index is 1070. The van der Waals surface area contributed by atoms with Crippen LogP contribution in [0.15, 0.2) is 40.0 Å². The largest absolute Gasteiger partial charge is 0.452 e. The van der Waals surface area contributed by atoms with Gasteiger partial charge in [0.2, 0.25) is 11.0 Å². The van der Waals surface area contributed by atoms with E-state index in [0.29, 0.717) is 11.8 Å². The van der Waals surface area contributed by atoms with Crippen molar-refractivity contribution in [3.8, 4) is 0 Å². The fourth-order valence-corrected chi connectivity index (χ4v) is 6.40. The molecule has 174 valence electrons. The van der Waals surface area contributed by atoms with Gasteiger partial charge in [-0.3, -0.25) is 4.79 Å². The first-order valence-electron chi connectivity index (χ1n) is 11.4. The van der Waals surface area contributed by atoms with Gasteiger partial charge < -0.3 is 14.8 Å². The second kappa shape index (κ2) is 9.00. The average Bonchev–Trinajstić information content (AvgIpc) is 3.48. The van der Waals surface area contributed by atoms with Crippen molar-refractivity contribution in [2.24, 2.45) is 5.92 Å². The summed E-state index contributed by atoms with van der Waals surface area (Å²) in [5.41, 5.74) is 2.46. The highest BCUT2D eigenvalue weighted by atomic mass is 32.2. The zero-order valence-electron chi connectivity index (χ0n) is 18.7. The molecule has 2 aliphatic rings. The number of benzene rings is 1. The maximum atomic E-state index is 13.0. The smallest absolute Gasteiger partial charge is 0.276 e. The second-order valence-electron chi connectivity index (χ2n) is 9.39. The third-order valence-corrected chi connectivity index (χ3v) is 8.27. The molecule has 0 aliphatic heterocycles. The van der Waals surface area contributed by atoms with Crippen molar-refractivity contribution < 1.29 is 22.7 Å². The van der Waals surface area contributed by atoms with Gasteiger partial charge in [-0.25, -0.2) is 8.42 Å². The quantitative estimate of drug-likeness (QED) is 0.515. The van der Waals surface area contributed by atoms with E-state index in [4.69, 9.17) is 4.42 Å². The second-order valence-corrected chi connectivity index (χ2v) is 11.0. The molecule has 4 rings (SSSR count). The highest BCUT2D eigenvalue weighted by Crippen LogP contribution is 2.42. The molecule has 2 aromatic rings. The summed E-state index contributed by atoms with van der Waals surface area (Å²) in [7, 11) is -4.08. The first kappa shape index (κ1) is 23.0. The minimum atomic E-state index is -4.08. The third kappa shape index (κ3) is 4.92. The van der Waals surface area contributed by atoms with E-state index in [1.165, 1.54) is 62.1 Å². The van der Waals surface area contributed by atoms with Gasteiger partial charge in [-0.15, -0.1) is 0 Å². The zero-order valence-corrected chi connectivity index (χ0v) is 19.5. The monoisotopic (exact) mass is 460 g/mol. The number of fused-ring (bicyclic) bond motifs is 1. The van der Waals surface area contributed by atoms with Crippen LogP contribution < -0.4 is 10.0 Å². The lowest BCUT2D eigenvalue weighted by Crippen LogP contribution is -2.48.